The van der Waals surface area contributed by atoms with Crippen molar-refractivity contribution in [1.29, 1.82) is 0 Å². The maximum atomic E-state index is 12.1. The molecular weight excluding hydrogens is 408 g/mol. The van der Waals surface area contributed by atoms with Crippen molar-refractivity contribution in [2.45, 2.75) is 30.7 Å². The molecule has 9 heteroatoms. The van der Waals surface area contributed by atoms with E-state index < -0.39 is 42.9 Å². The van der Waals surface area contributed by atoms with Crippen LogP contribution in [0.3, 0.4) is 0 Å². The monoisotopic (exact) mass is 430 g/mol. The average Bonchev–Trinajstić information content (AvgIpc) is 2.78. The predicted octanol–water partition coefficient (Wildman–Crippen LogP) is 0.647. The normalized spacial score (nSPS) is 26.0. The van der Waals surface area contributed by atoms with E-state index in [1.165, 1.54) is 12.1 Å². The van der Waals surface area contributed by atoms with Gasteiger partial charge in [0.1, 0.15) is 41.5 Å². The molecule has 2 heterocycles. The summed E-state index contributed by atoms with van der Waals surface area (Å²) >= 11 is 0. The van der Waals surface area contributed by atoms with Crippen LogP contribution in [0.25, 0.3) is 22.1 Å². The Labute approximate surface area is 176 Å². The second-order valence-corrected chi connectivity index (χ2v) is 7.18. The van der Waals surface area contributed by atoms with Gasteiger partial charge in [0.25, 0.3) is 0 Å². The summed E-state index contributed by atoms with van der Waals surface area (Å²) in [5.74, 6) is 0.887. The number of hydrogen-bond donors (Lipinski definition) is 4. The van der Waals surface area contributed by atoms with E-state index in [4.69, 9.17) is 18.6 Å². The number of ether oxygens (including phenoxy) is 3. The molecule has 0 radical (unpaired) electrons. The highest BCUT2D eigenvalue weighted by molar-refractivity contribution is 5.93. The molecule has 0 amide bonds. The number of hydrogen-bond acceptors (Lipinski definition) is 9. The Kier molecular flexibility index (Phi) is 5.94. The lowest BCUT2D eigenvalue weighted by atomic mass is 9.99. The minimum atomic E-state index is -1.56. The van der Waals surface area contributed by atoms with Gasteiger partial charge in [-0.1, -0.05) is 12.1 Å². The van der Waals surface area contributed by atoms with Crippen molar-refractivity contribution in [3.63, 3.8) is 0 Å². The van der Waals surface area contributed by atoms with E-state index in [-0.39, 0.29) is 11.3 Å². The molecule has 4 N–H and O–H groups in total. The molecule has 0 bridgehead atoms. The zero-order valence-electron chi connectivity index (χ0n) is 16.5. The Morgan fingerprint density at radius 3 is 2.32 bits per heavy atom. The minimum absolute atomic E-state index is 0.201. The highest BCUT2D eigenvalue weighted by Crippen LogP contribution is 2.32. The second-order valence-electron chi connectivity index (χ2n) is 7.18. The summed E-state index contributed by atoms with van der Waals surface area (Å²) in [4.78, 5) is 12.1. The lowest BCUT2D eigenvalue weighted by Crippen LogP contribution is -2.60. The Balaban J connectivity index is 1.66. The van der Waals surface area contributed by atoms with Crippen molar-refractivity contribution in [2.24, 2.45) is 0 Å². The third-order valence-electron chi connectivity index (χ3n) is 5.22. The van der Waals surface area contributed by atoms with E-state index in [0.29, 0.717) is 16.7 Å². The molecule has 1 aromatic heterocycles. The van der Waals surface area contributed by atoms with Crippen LogP contribution >= 0.6 is 0 Å². The molecule has 4 rings (SSSR count). The van der Waals surface area contributed by atoms with Gasteiger partial charge in [-0.25, -0.2) is 4.79 Å². The van der Waals surface area contributed by atoms with E-state index in [0.717, 1.165) is 5.56 Å². The molecule has 0 aliphatic carbocycles. The van der Waals surface area contributed by atoms with Gasteiger partial charge in [0.15, 0.2) is 0 Å². The molecule has 164 valence electrons. The third-order valence-corrected chi connectivity index (χ3v) is 5.22. The van der Waals surface area contributed by atoms with Gasteiger partial charge in [-0.2, -0.15) is 0 Å². The van der Waals surface area contributed by atoms with Gasteiger partial charge < -0.3 is 39.1 Å². The van der Waals surface area contributed by atoms with Crippen LogP contribution in [0, 0.1) is 0 Å². The molecule has 1 fully saturated rings. The molecule has 1 saturated heterocycles. The van der Waals surface area contributed by atoms with Crippen LogP contribution in [0.2, 0.25) is 0 Å². The summed E-state index contributed by atoms with van der Waals surface area (Å²) in [6.45, 7) is -0.567. The second kappa shape index (κ2) is 8.66. The third kappa shape index (κ3) is 4.14. The van der Waals surface area contributed by atoms with Crippen molar-refractivity contribution in [2.75, 3.05) is 13.7 Å². The fourth-order valence-corrected chi connectivity index (χ4v) is 3.52. The number of rotatable bonds is 5. The van der Waals surface area contributed by atoms with E-state index in [9.17, 15) is 25.2 Å². The van der Waals surface area contributed by atoms with Crippen LogP contribution < -0.4 is 15.1 Å². The van der Waals surface area contributed by atoms with Crippen molar-refractivity contribution >= 4 is 11.0 Å². The highest BCUT2D eigenvalue weighted by Gasteiger charge is 2.44. The first-order valence-electron chi connectivity index (χ1n) is 9.61. The van der Waals surface area contributed by atoms with Gasteiger partial charge in [0.2, 0.25) is 6.29 Å². The number of fused-ring (bicyclic) bond motifs is 1. The fraction of sp³-hybridized carbons (Fsp3) is 0.318. The standard InChI is InChI=1S/C22H22O9/c1-28-12-4-2-11(3-5-12)15-9-18(24)30-16-8-13(6-7-14(15)16)29-22-21(27)20(26)19(25)17(10-23)31-22/h2-9,17,19-23,25-27H,10H2,1H3/t17-,19-,20+,21-,22-/m1/s1. The SMILES string of the molecule is COc1ccc(-c2cc(=O)oc3cc(O[C@@H]4O[C@H](CO)[C@@H](O)[C@H](O)[C@H]4O)ccc23)cc1. The van der Waals surface area contributed by atoms with Crippen molar-refractivity contribution in [3.05, 3.63) is 59.0 Å². The summed E-state index contributed by atoms with van der Waals surface area (Å²) in [6.07, 6.45) is -7.03. The van der Waals surface area contributed by atoms with Gasteiger partial charge in [-0.3, -0.25) is 0 Å². The van der Waals surface area contributed by atoms with E-state index in [1.807, 2.05) is 12.1 Å². The molecule has 0 spiro atoms. The van der Waals surface area contributed by atoms with Crippen LogP contribution in [-0.4, -0.2) is 64.8 Å². The largest absolute Gasteiger partial charge is 0.497 e. The van der Waals surface area contributed by atoms with Crippen LogP contribution in [0.1, 0.15) is 0 Å². The maximum Gasteiger partial charge on any atom is 0.336 e. The topological polar surface area (TPSA) is 139 Å². The lowest BCUT2D eigenvalue weighted by molar-refractivity contribution is -0.277. The van der Waals surface area contributed by atoms with Crippen molar-refractivity contribution < 1.29 is 39.1 Å². The average molecular weight is 430 g/mol. The fourth-order valence-electron chi connectivity index (χ4n) is 3.52. The van der Waals surface area contributed by atoms with Gasteiger partial charge in [0, 0.05) is 17.5 Å². The van der Waals surface area contributed by atoms with Crippen LogP contribution in [-0.2, 0) is 4.74 Å². The molecule has 31 heavy (non-hydrogen) atoms. The molecule has 1 aliphatic rings. The first-order chi connectivity index (χ1) is 14.9. The van der Waals surface area contributed by atoms with Gasteiger partial charge in [0.05, 0.1) is 13.7 Å². The zero-order chi connectivity index (χ0) is 22.1. The first kappa shape index (κ1) is 21.3. The van der Waals surface area contributed by atoms with E-state index in [2.05, 4.69) is 0 Å². The van der Waals surface area contributed by atoms with Gasteiger partial charge in [-0.15, -0.1) is 0 Å². The Bertz CT molecular complexity index is 1110. The van der Waals surface area contributed by atoms with Crippen LogP contribution in [0.5, 0.6) is 11.5 Å². The van der Waals surface area contributed by atoms with Gasteiger partial charge >= 0.3 is 5.63 Å². The van der Waals surface area contributed by atoms with E-state index in [1.54, 1.807) is 31.4 Å². The zero-order valence-corrected chi connectivity index (χ0v) is 16.5. The molecule has 0 saturated carbocycles. The maximum absolute atomic E-state index is 12.1. The molecule has 0 unspecified atom stereocenters. The summed E-state index contributed by atoms with van der Waals surface area (Å²) < 4.78 is 21.4. The van der Waals surface area contributed by atoms with Crippen LogP contribution in [0.4, 0.5) is 0 Å². The Hall–Kier alpha value is -2.95. The molecule has 3 aromatic rings. The number of methoxy groups -OCH3 is 1. The Morgan fingerprint density at radius 2 is 1.65 bits per heavy atom. The molecule has 1 aliphatic heterocycles. The van der Waals surface area contributed by atoms with Gasteiger partial charge in [-0.05, 0) is 35.4 Å². The quantitative estimate of drug-likeness (QED) is 0.430. The molecule has 5 atom stereocenters. The summed E-state index contributed by atoms with van der Waals surface area (Å²) in [6, 6.07) is 13.4. The predicted molar refractivity (Wildman–Crippen MR) is 109 cm³/mol. The summed E-state index contributed by atoms with van der Waals surface area (Å²) in [5.41, 5.74) is 1.15. The summed E-state index contributed by atoms with van der Waals surface area (Å²) in [7, 11) is 1.57. The minimum Gasteiger partial charge on any atom is -0.497 e. The smallest absolute Gasteiger partial charge is 0.336 e. The van der Waals surface area contributed by atoms with Crippen LogP contribution in [0.15, 0.2) is 57.7 Å². The number of benzene rings is 2. The molecular formula is C22H22O9. The van der Waals surface area contributed by atoms with E-state index >= 15 is 0 Å². The molecule has 9 nitrogen and oxygen atoms in total. The summed E-state index contributed by atoms with van der Waals surface area (Å²) in [5, 5.41) is 39.9. The van der Waals surface area contributed by atoms with Crippen molar-refractivity contribution in [3.8, 4) is 22.6 Å². The lowest BCUT2D eigenvalue weighted by Gasteiger charge is -2.39. The van der Waals surface area contributed by atoms with Crippen molar-refractivity contribution in [1.82, 2.24) is 0 Å². The first-order valence-corrected chi connectivity index (χ1v) is 9.61. The number of aliphatic hydroxyl groups is 4. The molecule has 2 aromatic carbocycles. The Morgan fingerprint density at radius 1 is 0.935 bits per heavy atom. The number of aliphatic hydroxyl groups excluding tert-OH is 4. The highest BCUT2D eigenvalue weighted by atomic mass is 16.7.